The van der Waals surface area contributed by atoms with Gasteiger partial charge in [0.2, 0.25) is 0 Å². The molecule has 0 aromatic rings. The summed E-state index contributed by atoms with van der Waals surface area (Å²) in [5.74, 6) is -0.0237. The number of carbonyl (C=O) groups excluding carboxylic acids is 1. The first-order chi connectivity index (χ1) is 5.27. The maximum Gasteiger partial charge on any atom is 0.264 e. The maximum absolute atomic E-state index is 11.1. The standard InChI is InChI=1S/C6H10N4O/c1-4-2-5-6(11)8-7-3-10(5)9-4/h3-5,9H,2H2,1H3,(H,8,11). The Kier molecular flexibility index (Phi) is 1.32. The topological polar surface area (TPSA) is 56.7 Å². The zero-order chi connectivity index (χ0) is 7.84. The molecule has 2 unspecified atom stereocenters. The van der Waals surface area contributed by atoms with E-state index in [2.05, 4.69) is 16.0 Å². The second-order valence-electron chi connectivity index (χ2n) is 2.91. The summed E-state index contributed by atoms with van der Waals surface area (Å²) in [5.41, 5.74) is 5.53. The highest BCUT2D eigenvalue weighted by molar-refractivity contribution is 5.86. The lowest BCUT2D eigenvalue weighted by atomic mass is 10.1. The fraction of sp³-hybridized carbons (Fsp3) is 0.667. The molecule has 0 aromatic carbocycles. The number of rotatable bonds is 0. The Bertz CT molecular complexity index is 215. The summed E-state index contributed by atoms with van der Waals surface area (Å²) in [7, 11) is 0. The molecule has 1 amide bonds. The van der Waals surface area contributed by atoms with Crippen molar-refractivity contribution in [3.05, 3.63) is 0 Å². The smallest absolute Gasteiger partial charge is 0.264 e. The van der Waals surface area contributed by atoms with E-state index in [9.17, 15) is 4.79 Å². The summed E-state index contributed by atoms with van der Waals surface area (Å²) in [6.45, 7) is 2.04. The third-order valence-electron chi connectivity index (χ3n) is 1.94. The van der Waals surface area contributed by atoms with Crippen molar-refractivity contribution in [1.29, 1.82) is 0 Å². The summed E-state index contributed by atoms with van der Waals surface area (Å²) < 4.78 is 0. The number of nitrogens with one attached hydrogen (secondary N) is 2. The molecule has 11 heavy (non-hydrogen) atoms. The van der Waals surface area contributed by atoms with Gasteiger partial charge in [-0.2, -0.15) is 5.10 Å². The average Bonchev–Trinajstić information content (AvgIpc) is 2.31. The second-order valence-corrected chi connectivity index (χ2v) is 2.91. The van der Waals surface area contributed by atoms with Crippen molar-refractivity contribution in [2.45, 2.75) is 25.4 Å². The van der Waals surface area contributed by atoms with Gasteiger partial charge in [0.15, 0.2) is 0 Å². The molecule has 0 spiro atoms. The molecule has 2 heterocycles. The van der Waals surface area contributed by atoms with E-state index >= 15 is 0 Å². The van der Waals surface area contributed by atoms with E-state index in [1.54, 1.807) is 11.3 Å². The lowest BCUT2D eigenvalue weighted by molar-refractivity contribution is -0.125. The molecule has 2 N–H and O–H groups in total. The molecule has 1 fully saturated rings. The molecule has 2 rings (SSSR count). The molecule has 0 aromatic heterocycles. The van der Waals surface area contributed by atoms with Gasteiger partial charge in [0.25, 0.3) is 5.91 Å². The van der Waals surface area contributed by atoms with Gasteiger partial charge < -0.3 is 0 Å². The van der Waals surface area contributed by atoms with Crippen molar-refractivity contribution < 1.29 is 4.79 Å². The Balaban J connectivity index is 2.19. The van der Waals surface area contributed by atoms with Gasteiger partial charge in [-0.1, -0.05) is 0 Å². The number of amides is 1. The van der Waals surface area contributed by atoms with Crippen molar-refractivity contribution in [3.63, 3.8) is 0 Å². The molecule has 0 saturated carbocycles. The predicted octanol–water partition coefficient (Wildman–Crippen LogP) is -0.973. The summed E-state index contributed by atoms with van der Waals surface area (Å²) >= 11 is 0. The van der Waals surface area contributed by atoms with Crippen molar-refractivity contribution in [1.82, 2.24) is 15.9 Å². The number of fused-ring (bicyclic) bond motifs is 1. The Morgan fingerprint density at radius 3 is 3.36 bits per heavy atom. The zero-order valence-corrected chi connectivity index (χ0v) is 6.24. The zero-order valence-electron chi connectivity index (χ0n) is 6.24. The number of nitrogens with zero attached hydrogens (tertiary/aromatic N) is 2. The Morgan fingerprint density at radius 2 is 2.64 bits per heavy atom. The van der Waals surface area contributed by atoms with Gasteiger partial charge in [-0.15, -0.1) is 0 Å². The average molecular weight is 154 g/mol. The van der Waals surface area contributed by atoms with Crippen LogP contribution in [-0.2, 0) is 4.79 Å². The number of carbonyl (C=O) groups is 1. The number of hydrazine groups is 1. The lowest BCUT2D eigenvalue weighted by Gasteiger charge is -2.22. The highest BCUT2D eigenvalue weighted by atomic mass is 16.2. The first kappa shape index (κ1) is 6.60. The normalized spacial score (nSPS) is 35.4. The molecule has 0 radical (unpaired) electrons. The monoisotopic (exact) mass is 154 g/mol. The van der Waals surface area contributed by atoms with E-state index < -0.39 is 0 Å². The minimum atomic E-state index is -0.0671. The Hall–Kier alpha value is -1.10. The fourth-order valence-electron chi connectivity index (χ4n) is 1.42. The molecule has 2 atom stereocenters. The maximum atomic E-state index is 11.1. The van der Waals surface area contributed by atoms with E-state index in [0.717, 1.165) is 6.42 Å². The quantitative estimate of drug-likeness (QED) is 0.472. The molecule has 2 aliphatic rings. The van der Waals surface area contributed by atoms with Crippen molar-refractivity contribution in [2.24, 2.45) is 5.10 Å². The number of hydrazone groups is 1. The molecule has 5 nitrogen and oxygen atoms in total. The van der Waals surface area contributed by atoms with E-state index in [4.69, 9.17) is 0 Å². The predicted molar refractivity (Wildman–Crippen MR) is 39.5 cm³/mol. The SMILES string of the molecule is CC1CC2C(=O)NN=CN2N1. The van der Waals surface area contributed by atoms with E-state index in [0.29, 0.717) is 6.04 Å². The van der Waals surface area contributed by atoms with E-state index in [1.165, 1.54) is 0 Å². The van der Waals surface area contributed by atoms with Gasteiger partial charge in [-0.25, -0.2) is 10.9 Å². The molecule has 0 bridgehead atoms. The van der Waals surface area contributed by atoms with Crippen LogP contribution in [0, 0.1) is 0 Å². The van der Waals surface area contributed by atoms with Crippen LogP contribution in [-0.4, -0.2) is 29.3 Å². The van der Waals surface area contributed by atoms with Gasteiger partial charge in [0.05, 0.1) is 0 Å². The van der Waals surface area contributed by atoms with Crippen LogP contribution in [0.3, 0.4) is 0 Å². The van der Waals surface area contributed by atoms with Crippen LogP contribution in [0.4, 0.5) is 0 Å². The van der Waals surface area contributed by atoms with Crippen LogP contribution in [0.15, 0.2) is 5.10 Å². The lowest BCUT2D eigenvalue weighted by Crippen LogP contribution is -2.48. The van der Waals surface area contributed by atoms with Crippen LogP contribution in [0.25, 0.3) is 0 Å². The highest BCUT2D eigenvalue weighted by Crippen LogP contribution is 2.14. The molecular formula is C6H10N4O. The fourth-order valence-corrected chi connectivity index (χ4v) is 1.42. The molecule has 5 heteroatoms. The van der Waals surface area contributed by atoms with E-state index in [1.807, 2.05) is 6.92 Å². The van der Waals surface area contributed by atoms with Gasteiger partial charge in [-0.3, -0.25) is 9.80 Å². The van der Waals surface area contributed by atoms with Crippen molar-refractivity contribution >= 4 is 12.2 Å². The van der Waals surface area contributed by atoms with Crippen LogP contribution < -0.4 is 10.9 Å². The van der Waals surface area contributed by atoms with Crippen LogP contribution in [0.1, 0.15) is 13.3 Å². The highest BCUT2D eigenvalue weighted by Gasteiger charge is 2.34. The third-order valence-corrected chi connectivity index (χ3v) is 1.94. The largest absolute Gasteiger partial charge is 0.284 e. The van der Waals surface area contributed by atoms with Crippen molar-refractivity contribution in [2.75, 3.05) is 0 Å². The van der Waals surface area contributed by atoms with Crippen LogP contribution >= 0.6 is 0 Å². The Labute approximate surface area is 64.4 Å². The summed E-state index contributed by atoms with van der Waals surface area (Å²) in [5, 5.41) is 5.43. The first-order valence-corrected chi connectivity index (χ1v) is 3.65. The molecular weight excluding hydrogens is 144 g/mol. The second kappa shape index (κ2) is 2.20. The minimum Gasteiger partial charge on any atom is -0.284 e. The minimum absolute atomic E-state index is 0.0237. The first-order valence-electron chi connectivity index (χ1n) is 3.65. The van der Waals surface area contributed by atoms with E-state index in [-0.39, 0.29) is 11.9 Å². The third kappa shape index (κ3) is 0.970. The summed E-state index contributed by atoms with van der Waals surface area (Å²) in [6, 6.07) is 0.290. The molecule has 60 valence electrons. The molecule has 0 aliphatic carbocycles. The number of hydrogen-bond acceptors (Lipinski definition) is 4. The molecule has 1 saturated heterocycles. The van der Waals surface area contributed by atoms with Crippen LogP contribution in [0.2, 0.25) is 0 Å². The number of hydrogen-bond donors (Lipinski definition) is 2. The van der Waals surface area contributed by atoms with Gasteiger partial charge in [-0.05, 0) is 13.3 Å². The van der Waals surface area contributed by atoms with Gasteiger partial charge in [0.1, 0.15) is 12.4 Å². The van der Waals surface area contributed by atoms with Crippen LogP contribution in [0.5, 0.6) is 0 Å². The van der Waals surface area contributed by atoms with Gasteiger partial charge in [0, 0.05) is 6.04 Å². The summed E-state index contributed by atoms with van der Waals surface area (Å²) in [4.78, 5) is 11.1. The van der Waals surface area contributed by atoms with Gasteiger partial charge >= 0.3 is 0 Å². The van der Waals surface area contributed by atoms with Crippen molar-refractivity contribution in [3.8, 4) is 0 Å². The Morgan fingerprint density at radius 1 is 1.82 bits per heavy atom. The summed E-state index contributed by atoms with van der Waals surface area (Å²) in [6.07, 6.45) is 2.45. The molecule has 2 aliphatic heterocycles.